The summed E-state index contributed by atoms with van der Waals surface area (Å²) in [4.78, 5) is 9.68. The Bertz CT molecular complexity index is 778. The van der Waals surface area contributed by atoms with Gasteiger partial charge in [0, 0.05) is 23.0 Å². The van der Waals surface area contributed by atoms with E-state index in [1.807, 2.05) is 30.5 Å². The van der Waals surface area contributed by atoms with Gasteiger partial charge in [0.1, 0.15) is 5.69 Å². The molecule has 4 heteroatoms. The maximum Gasteiger partial charge on any atom is 0.160 e. The SMILES string of the molecule is CC1CCc2nc(-c3ccccc3)nc(-c3cc[nH]n3)c2C1. The summed E-state index contributed by atoms with van der Waals surface area (Å²) in [5, 5.41) is 7.23. The third-order valence-corrected chi connectivity index (χ3v) is 4.29. The number of nitrogens with one attached hydrogen (secondary N) is 1. The molecule has 0 saturated heterocycles. The van der Waals surface area contributed by atoms with Crippen molar-refractivity contribution in [2.45, 2.75) is 26.2 Å². The largest absolute Gasteiger partial charge is 0.285 e. The Balaban J connectivity index is 1.91. The van der Waals surface area contributed by atoms with Crippen LogP contribution in [0, 0.1) is 5.92 Å². The van der Waals surface area contributed by atoms with E-state index in [0.717, 1.165) is 35.6 Å². The average molecular weight is 290 g/mol. The fraction of sp³-hybridized carbons (Fsp3) is 0.278. The highest BCUT2D eigenvalue weighted by Crippen LogP contribution is 2.32. The number of aromatic amines is 1. The lowest BCUT2D eigenvalue weighted by atomic mass is 9.86. The summed E-state index contributed by atoms with van der Waals surface area (Å²) < 4.78 is 0. The highest BCUT2D eigenvalue weighted by molar-refractivity contribution is 5.65. The first-order valence-corrected chi connectivity index (χ1v) is 7.76. The van der Waals surface area contributed by atoms with Crippen LogP contribution in [0.2, 0.25) is 0 Å². The molecule has 110 valence electrons. The van der Waals surface area contributed by atoms with Crippen LogP contribution in [-0.2, 0) is 12.8 Å². The lowest BCUT2D eigenvalue weighted by Gasteiger charge is -2.23. The van der Waals surface area contributed by atoms with Crippen LogP contribution in [0.5, 0.6) is 0 Å². The Hall–Kier alpha value is -2.49. The van der Waals surface area contributed by atoms with Gasteiger partial charge in [0.25, 0.3) is 0 Å². The van der Waals surface area contributed by atoms with Crippen LogP contribution < -0.4 is 0 Å². The zero-order chi connectivity index (χ0) is 14.9. The molecule has 3 aromatic rings. The van der Waals surface area contributed by atoms with E-state index in [2.05, 4.69) is 29.3 Å². The monoisotopic (exact) mass is 290 g/mol. The third-order valence-electron chi connectivity index (χ3n) is 4.29. The number of aryl methyl sites for hydroxylation is 1. The second kappa shape index (κ2) is 5.37. The van der Waals surface area contributed by atoms with Gasteiger partial charge >= 0.3 is 0 Å². The first kappa shape index (κ1) is 13.2. The lowest BCUT2D eigenvalue weighted by Crippen LogP contribution is -2.16. The zero-order valence-corrected chi connectivity index (χ0v) is 12.6. The number of nitrogens with zero attached hydrogens (tertiary/aromatic N) is 3. The predicted molar refractivity (Wildman–Crippen MR) is 86.2 cm³/mol. The first-order chi connectivity index (χ1) is 10.8. The van der Waals surface area contributed by atoms with Gasteiger partial charge in [-0.1, -0.05) is 37.3 Å². The molecule has 0 radical (unpaired) electrons. The summed E-state index contributed by atoms with van der Waals surface area (Å²) in [5.74, 6) is 1.48. The minimum Gasteiger partial charge on any atom is -0.285 e. The number of benzene rings is 1. The van der Waals surface area contributed by atoms with E-state index in [4.69, 9.17) is 9.97 Å². The Morgan fingerprint density at radius 2 is 1.95 bits per heavy atom. The van der Waals surface area contributed by atoms with Crippen molar-refractivity contribution >= 4 is 0 Å². The standard InChI is InChI=1S/C18H18N4/c1-12-7-8-15-14(11-12)17(16-9-10-19-22-16)21-18(20-15)13-5-3-2-4-6-13/h2-6,9-10,12H,7-8,11H2,1H3,(H,19,22). The first-order valence-electron chi connectivity index (χ1n) is 7.76. The van der Waals surface area contributed by atoms with Gasteiger partial charge in [-0.3, -0.25) is 5.10 Å². The van der Waals surface area contributed by atoms with Crippen molar-refractivity contribution in [3.63, 3.8) is 0 Å². The van der Waals surface area contributed by atoms with E-state index >= 15 is 0 Å². The topological polar surface area (TPSA) is 54.5 Å². The Labute approximate surface area is 129 Å². The fourth-order valence-electron chi connectivity index (χ4n) is 3.11. The summed E-state index contributed by atoms with van der Waals surface area (Å²) in [6.07, 6.45) is 5.10. The van der Waals surface area contributed by atoms with Gasteiger partial charge in [0.15, 0.2) is 5.82 Å². The zero-order valence-electron chi connectivity index (χ0n) is 12.6. The van der Waals surface area contributed by atoms with Gasteiger partial charge < -0.3 is 0 Å². The van der Waals surface area contributed by atoms with E-state index < -0.39 is 0 Å². The lowest BCUT2D eigenvalue weighted by molar-refractivity contribution is 0.493. The molecule has 0 saturated carbocycles. The maximum absolute atomic E-state index is 4.84. The molecule has 0 aliphatic heterocycles. The number of aromatic nitrogens is 4. The molecule has 0 amide bonds. The van der Waals surface area contributed by atoms with Crippen molar-refractivity contribution < 1.29 is 0 Å². The van der Waals surface area contributed by atoms with Crippen molar-refractivity contribution in [3.8, 4) is 22.8 Å². The molecule has 0 fully saturated rings. The number of rotatable bonds is 2. The van der Waals surface area contributed by atoms with Crippen molar-refractivity contribution in [2.24, 2.45) is 5.92 Å². The van der Waals surface area contributed by atoms with Crippen LogP contribution in [0.3, 0.4) is 0 Å². The van der Waals surface area contributed by atoms with Crippen molar-refractivity contribution in [3.05, 3.63) is 53.9 Å². The molecule has 0 bridgehead atoms. The smallest absolute Gasteiger partial charge is 0.160 e. The Kier molecular flexibility index (Phi) is 3.22. The highest BCUT2D eigenvalue weighted by atomic mass is 15.1. The molecule has 1 atom stereocenters. The van der Waals surface area contributed by atoms with Crippen LogP contribution in [-0.4, -0.2) is 20.2 Å². The van der Waals surface area contributed by atoms with E-state index in [1.54, 1.807) is 0 Å². The van der Waals surface area contributed by atoms with Crippen LogP contribution in [0.4, 0.5) is 0 Å². The van der Waals surface area contributed by atoms with Crippen LogP contribution >= 0.6 is 0 Å². The van der Waals surface area contributed by atoms with Crippen LogP contribution in [0.1, 0.15) is 24.6 Å². The molecule has 1 aliphatic carbocycles. The fourth-order valence-corrected chi connectivity index (χ4v) is 3.11. The summed E-state index contributed by atoms with van der Waals surface area (Å²) in [5.41, 5.74) is 5.40. The maximum atomic E-state index is 4.84. The summed E-state index contributed by atoms with van der Waals surface area (Å²) in [7, 11) is 0. The summed E-state index contributed by atoms with van der Waals surface area (Å²) in [6.45, 7) is 2.29. The van der Waals surface area contributed by atoms with Gasteiger partial charge in [-0.05, 0) is 31.2 Å². The molecule has 1 aliphatic rings. The van der Waals surface area contributed by atoms with E-state index in [-0.39, 0.29) is 0 Å². The quantitative estimate of drug-likeness (QED) is 0.783. The summed E-state index contributed by atoms with van der Waals surface area (Å²) in [6, 6.07) is 12.2. The Morgan fingerprint density at radius 1 is 1.09 bits per heavy atom. The molecule has 2 heterocycles. The number of hydrogen-bond acceptors (Lipinski definition) is 3. The second-order valence-corrected chi connectivity index (χ2v) is 5.99. The van der Waals surface area contributed by atoms with E-state index in [0.29, 0.717) is 5.92 Å². The van der Waals surface area contributed by atoms with Gasteiger partial charge in [-0.2, -0.15) is 5.10 Å². The van der Waals surface area contributed by atoms with E-state index in [9.17, 15) is 0 Å². The number of fused-ring (bicyclic) bond motifs is 1. The van der Waals surface area contributed by atoms with Crippen molar-refractivity contribution in [1.82, 2.24) is 20.2 Å². The average Bonchev–Trinajstić information content (AvgIpc) is 3.09. The predicted octanol–water partition coefficient (Wildman–Crippen LogP) is 3.66. The molecule has 2 aromatic heterocycles. The molecule has 1 aromatic carbocycles. The summed E-state index contributed by atoms with van der Waals surface area (Å²) >= 11 is 0. The Morgan fingerprint density at radius 3 is 2.73 bits per heavy atom. The second-order valence-electron chi connectivity index (χ2n) is 5.99. The molecule has 1 unspecified atom stereocenters. The molecular weight excluding hydrogens is 272 g/mol. The molecular formula is C18H18N4. The molecule has 4 nitrogen and oxygen atoms in total. The number of H-pyrrole nitrogens is 1. The van der Waals surface area contributed by atoms with Crippen LogP contribution in [0.25, 0.3) is 22.8 Å². The van der Waals surface area contributed by atoms with Crippen molar-refractivity contribution in [1.29, 1.82) is 0 Å². The van der Waals surface area contributed by atoms with Crippen molar-refractivity contribution in [2.75, 3.05) is 0 Å². The minimum absolute atomic E-state index is 0.677. The van der Waals surface area contributed by atoms with E-state index in [1.165, 1.54) is 17.7 Å². The number of hydrogen-bond donors (Lipinski definition) is 1. The van der Waals surface area contributed by atoms with Gasteiger partial charge in [0.05, 0.1) is 5.69 Å². The molecule has 22 heavy (non-hydrogen) atoms. The van der Waals surface area contributed by atoms with Gasteiger partial charge in [0.2, 0.25) is 0 Å². The molecule has 0 spiro atoms. The third kappa shape index (κ3) is 2.30. The highest BCUT2D eigenvalue weighted by Gasteiger charge is 2.23. The molecule has 4 rings (SSSR count). The molecule has 1 N–H and O–H groups in total. The minimum atomic E-state index is 0.677. The van der Waals surface area contributed by atoms with Crippen LogP contribution in [0.15, 0.2) is 42.6 Å². The van der Waals surface area contributed by atoms with Gasteiger partial charge in [-0.25, -0.2) is 9.97 Å². The van der Waals surface area contributed by atoms with Gasteiger partial charge in [-0.15, -0.1) is 0 Å². The normalized spacial score (nSPS) is 17.2.